The van der Waals surface area contributed by atoms with Gasteiger partial charge in [0, 0.05) is 8.95 Å². The summed E-state index contributed by atoms with van der Waals surface area (Å²) in [6.45, 7) is 8.88. The predicted octanol–water partition coefficient (Wildman–Crippen LogP) is 8.29. The second kappa shape index (κ2) is 8.10. The second-order valence-corrected chi connectivity index (χ2v) is 8.62. The summed E-state index contributed by atoms with van der Waals surface area (Å²) in [5.74, 6) is 0. The van der Waals surface area contributed by atoms with E-state index in [0.29, 0.717) is 0 Å². The van der Waals surface area contributed by atoms with Crippen LogP contribution in [0.15, 0.2) is 57.5 Å². The zero-order valence-electron chi connectivity index (χ0n) is 15.8. The minimum atomic E-state index is 1.03. The quantitative estimate of drug-likeness (QED) is 0.359. The van der Waals surface area contributed by atoms with Crippen LogP contribution in [-0.2, 0) is 12.8 Å². The smallest absolute Gasteiger partial charge is 0.0178 e. The van der Waals surface area contributed by atoms with Gasteiger partial charge in [0.25, 0.3) is 0 Å². The molecule has 0 heterocycles. The van der Waals surface area contributed by atoms with Crippen molar-refractivity contribution in [2.24, 2.45) is 0 Å². The molecule has 0 N–H and O–H groups in total. The highest BCUT2D eigenvalue weighted by atomic mass is 79.9. The van der Waals surface area contributed by atoms with Gasteiger partial charge in [0.2, 0.25) is 0 Å². The fraction of sp³-hybridized carbons (Fsp3) is 0.250. The Labute approximate surface area is 173 Å². The van der Waals surface area contributed by atoms with Crippen LogP contribution in [0.3, 0.4) is 0 Å². The van der Waals surface area contributed by atoms with Gasteiger partial charge < -0.3 is 0 Å². The van der Waals surface area contributed by atoms with Crippen LogP contribution in [0.25, 0.3) is 22.3 Å². The summed E-state index contributed by atoms with van der Waals surface area (Å²) < 4.78 is 2.27. The molecule has 26 heavy (non-hydrogen) atoms. The molecule has 0 bridgehead atoms. The third-order valence-electron chi connectivity index (χ3n) is 5.05. The van der Waals surface area contributed by atoms with Gasteiger partial charge in [-0.2, -0.15) is 0 Å². The Hall–Kier alpha value is -1.38. The first kappa shape index (κ1) is 19.4. The first-order chi connectivity index (χ1) is 12.4. The number of rotatable bonds is 4. The average Bonchev–Trinajstić information content (AvgIpc) is 2.61. The molecular weight excluding hydrogens is 448 g/mol. The Morgan fingerprint density at radius 1 is 0.577 bits per heavy atom. The largest absolute Gasteiger partial charge is 0.0613 e. The molecule has 0 amide bonds. The Kier molecular flexibility index (Phi) is 6.04. The standard InChI is InChI=1S/C24H24Br2/c1-5-17-13-24(22-10-8-20(26)12-16(22)4)18(6-2)14-23(17)21-9-7-19(25)11-15(21)3/h7-14H,5-6H2,1-4H3. The Morgan fingerprint density at radius 3 is 1.27 bits per heavy atom. The van der Waals surface area contributed by atoms with Crippen molar-refractivity contribution < 1.29 is 0 Å². The van der Waals surface area contributed by atoms with Gasteiger partial charge in [-0.15, -0.1) is 0 Å². The average molecular weight is 472 g/mol. The molecule has 3 rings (SSSR count). The van der Waals surface area contributed by atoms with Crippen LogP contribution >= 0.6 is 31.9 Å². The van der Waals surface area contributed by atoms with Crippen LogP contribution in [0.5, 0.6) is 0 Å². The van der Waals surface area contributed by atoms with Crippen molar-refractivity contribution in [3.63, 3.8) is 0 Å². The van der Waals surface area contributed by atoms with Crippen molar-refractivity contribution >= 4 is 31.9 Å². The summed E-state index contributed by atoms with van der Waals surface area (Å²) in [6, 6.07) is 18.0. The van der Waals surface area contributed by atoms with Crippen LogP contribution in [-0.4, -0.2) is 0 Å². The SMILES string of the molecule is CCc1cc(-c2ccc(Br)cc2C)c(CC)cc1-c1ccc(Br)cc1C. The summed E-state index contributed by atoms with van der Waals surface area (Å²) in [5, 5.41) is 0. The van der Waals surface area contributed by atoms with Crippen molar-refractivity contribution in [2.75, 3.05) is 0 Å². The zero-order chi connectivity index (χ0) is 18.8. The van der Waals surface area contributed by atoms with E-state index in [0.717, 1.165) is 21.8 Å². The van der Waals surface area contributed by atoms with E-state index in [-0.39, 0.29) is 0 Å². The maximum Gasteiger partial charge on any atom is 0.0178 e. The Morgan fingerprint density at radius 2 is 0.962 bits per heavy atom. The highest BCUT2D eigenvalue weighted by molar-refractivity contribution is 9.10. The van der Waals surface area contributed by atoms with Crippen LogP contribution in [0.2, 0.25) is 0 Å². The fourth-order valence-corrected chi connectivity index (χ4v) is 4.59. The van der Waals surface area contributed by atoms with E-state index in [9.17, 15) is 0 Å². The van der Waals surface area contributed by atoms with Crippen LogP contribution < -0.4 is 0 Å². The molecule has 3 aromatic rings. The molecule has 0 atom stereocenters. The van der Waals surface area contributed by atoms with Gasteiger partial charge in [-0.1, -0.05) is 70.0 Å². The van der Waals surface area contributed by atoms with Crippen molar-refractivity contribution in [1.29, 1.82) is 0 Å². The number of halogens is 2. The molecule has 0 aliphatic carbocycles. The van der Waals surface area contributed by atoms with Crippen molar-refractivity contribution in [1.82, 2.24) is 0 Å². The van der Waals surface area contributed by atoms with E-state index in [1.54, 1.807) is 0 Å². The van der Waals surface area contributed by atoms with Gasteiger partial charge in [0.15, 0.2) is 0 Å². The molecule has 0 radical (unpaired) electrons. The lowest BCUT2D eigenvalue weighted by atomic mass is 9.86. The van der Waals surface area contributed by atoms with Crippen molar-refractivity contribution in [2.45, 2.75) is 40.5 Å². The second-order valence-electron chi connectivity index (χ2n) is 6.79. The molecule has 0 fully saturated rings. The molecule has 0 nitrogen and oxygen atoms in total. The van der Waals surface area contributed by atoms with Gasteiger partial charge in [-0.05, 0) is 95.5 Å². The lowest BCUT2D eigenvalue weighted by Crippen LogP contribution is -1.97. The van der Waals surface area contributed by atoms with Gasteiger partial charge in [0.1, 0.15) is 0 Å². The maximum atomic E-state index is 3.58. The highest BCUT2D eigenvalue weighted by Gasteiger charge is 2.14. The molecule has 134 valence electrons. The lowest BCUT2D eigenvalue weighted by molar-refractivity contribution is 1.10. The molecule has 3 aromatic carbocycles. The van der Waals surface area contributed by atoms with E-state index in [1.165, 1.54) is 44.5 Å². The molecule has 0 aliphatic rings. The molecular formula is C24H24Br2. The van der Waals surface area contributed by atoms with Gasteiger partial charge in [-0.3, -0.25) is 0 Å². The van der Waals surface area contributed by atoms with E-state index >= 15 is 0 Å². The Balaban J connectivity index is 2.24. The maximum absolute atomic E-state index is 3.58. The molecule has 0 saturated heterocycles. The Bertz CT molecular complexity index is 875. The first-order valence-electron chi connectivity index (χ1n) is 9.13. The molecule has 0 aromatic heterocycles. The first-order valence-corrected chi connectivity index (χ1v) is 10.7. The van der Waals surface area contributed by atoms with Gasteiger partial charge >= 0.3 is 0 Å². The summed E-state index contributed by atoms with van der Waals surface area (Å²) in [6.07, 6.45) is 2.05. The number of hydrogen-bond acceptors (Lipinski definition) is 0. The molecule has 0 saturated carbocycles. The minimum Gasteiger partial charge on any atom is -0.0613 e. The molecule has 0 unspecified atom stereocenters. The van der Waals surface area contributed by atoms with E-state index in [2.05, 4.69) is 108 Å². The van der Waals surface area contributed by atoms with Gasteiger partial charge in [0.05, 0.1) is 0 Å². The van der Waals surface area contributed by atoms with E-state index in [1.807, 2.05) is 0 Å². The normalized spacial score (nSPS) is 11.0. The van der Waals surface area contributed by atoms with E-state index < -0.39 is 0 Å². The number of aryl methyl sites for hydroxylation is 4. The van der Waals surface area contributed by atoms with Crippen LogP contribution in [0, 0.1) is 13.8 Å². The number of hydrogen-bond donors (Lipinski definition) is 0. The summed E-state index contributed by atoms with van der Waals surface area (Å²) in [4.78, 5) is 0. The minimum absolute atomic E-state index is 1.03. The predicted molar refractivity (Wildman–Crippen MR) is 121 cm³/mol. The fourth-order valence-electron chi connectivity index (χ4n) is 3.63. The zero-order valence-corrected chi connectivity index (χ0v) is 19.0. The summed E-state index contributed by atoms with van der Waals surface area (Å²) in [5.41, 5.74) is 10.8. The summed E-state index contributed by atoms with van der Waals surface area (Å²) >= 11 is 7.17. The molecule has 0 aliphatic heterocycles. The molecule has 2 heteroatoms. The van der Waals surface area contributed by atoms with Crippen molar-refractivity contribution in [3.8, 4) is 22.3 Å². The third-order valence-corrected chi connectivity index (χ3v) is 6.03. The molecule has 0 spiro atoms. The lowest BCUT2D eigenvalue weighted by Gasteiger charge is -2.18. The van der Waals surface area contributed by atoms with E-state index in [4.69, 9.17) is 0 Å². The number of benzene rings is 3. The third kappa shape index (κ3) is 3.82. The summed E-state index contributed by atoms with van der Waals surface area (Å²) in [7, 11) is 0. The van der Waals surface area contributed by atoms with Gasteiger partial charge in [-0.25, -0.2) is 0 Å². The highest BCUT2D eigenvalue weighted by Crippen LogP contribution is 2.37. The monoisotopic (exact) mass is 470 g/mol. The van der Waals surface area contributed by atoms with Crippen LogP contribution in [0.1, 0.15) is 36.1 Å². The van der Waals surface area contributed by atoms with Crippen LogP contribution in [0.4, 0.5) is 0 Å². The topological polar surface area (TPSA) is 0 Å². The van der Waals surface area contributed by atoms with Crippen molar-refractivity contribution in [3.05, 3.63) is 79.7 Å².